The number of ether oxygens (including phenoxy) is 1. The lowest BCUT2D eigenvalue weighted by Crippen LogP contribution is -2.24. The third-order valence-corrected chi connectivity index (χ3v) is 4.56. The Balaban J connectivity index is 1.48. The van der Waals surface area contributed by atoms with E-state index in [0.717, 1.165) is 16.9 Å². The van der Waals surface area contributed by atoms with Crippen LogP contribution in [0, 0.1) is 0 Å². The maximum absolute atomic E-state index is 12.5. The lowest BCUT2D eigenvalue weighted by Gasteiger charge is -2.18. The zero-order chi connectivity index (χ0) is 18.6. The first-order valence-corrected chi connectivity index (χ1v) is 8.97. The van der Waals surface area contributed by atoms with Crippen molar-refractivity contribution < 1.29 is 14.1 Å². The molecule has 3 heterocycles. The fourth-order valence-corrected chi connectivity index (χ4v) is 3.24. The lowest BCUT2D eigenvalue weighted by atomic mass is 10.1. The standard InChI is InChI=1S/C20H20N4O3/c1-2-26-17-8-4-3-6-15(17)12-24-13-16(10-18(24)25)20-22-19(23-27-20)14-7-5-9-21-11-14/h3-9,11,16H,2,10,12-13H2,1H3. The predicted molar refractivity (Wildman–Crippen MR) is 97.9 cm³/mol. The zero-order valence-corrected chi connectivity index (χ0v) is 15.0. The van der Waals surface area contributed by atoms with Crippen molar-refractivity contribution in [2.24, 2.45) is 0 Å². The lowest BCUT2D eigenvalue weighted by molar-refractivity contribution is -0.128. The van der Waals surface area contributed by atoms with Crippen LogP contribution in [-0.2, 0) is 11.3 Å². The van der Waals surface area contributed by atoms with Crippen molar-refractivity contribution in [3.8, 4) is 17.1 Å². The van der Waals surface area contributed by atoms with Gasteiger partial charge in [0.15, 0.2) is 0 Å². The molecule has 1 saturated heterocycles. The smallest absolute Gasteiger partial charge is 0.232 e. The summed E-state index contributed by atoms with van der Waals surface area (Å²) in [7, 11) is 0. The van der Waals surface area contributed by atoms with E-state index in [0.29, 0.717) is 37.8 Å². The molecule has 4 rings (SSSR count). The monoisotopic (exact) mass is 364 g/mol. The van der Waals surface area contributed by atoms with Crippen LogP contribution in [0.4, 0.5) is 0 Å². The van der Waals surface area contributed by atoms with Gasteiger partial charge in [-0.05, 0) is 25.1 Å². The van der Waals surface area contributed by atoms with Crippen LogP contribution in [0.5, 0.6) is 5.75 Å². The molecule has 27 heavy (non-hydrogen) atoms. The fraction of sp³-hybridized carbons (Fsp3) is 0.300. The van der Waals surface area contributed by atoms with Crippen molar-refractivity contribution in [3.63, 3.8) is 0 Å². The summed E-state index contributed by atoms with van der Waals surface area (Å²) in [5.74, 6) is 1.77. The van der Waals surface area contributed by atoms with Crippen LogP contribution in [0.2, 0.25) is 0 Å². The van der Waals surface area contributed by atoms with Gasteiger partial charge in [0.1, 0.15) is 5.75 Å². The van der Waals surface area contributed by atoms with E-state index in [1.54, 1.807) is 12.4 Å². The van der Waals surface area contributed by atoms with E-state index >= 15 is 0 Å². The number of nitrogens with zero attached hydrogens (tertiary/aromatic N) is 4. The first-order chi connectivity index (χ1) is 13.2. The van der Waals surface area contributed by atoms with E-state index in [4.69, 9.17) is 9.26 Å². The minimum Gasteiger partial charge on any atom is -0.494 e. The highest BCUT2D eigenvalue weighted by molar-refractivity contribution is 5.79. The van der Waals surface area contributed by atoms with Crippen molar-refractivity contribution in [2.45, 2.75) is 25.8 Å². The molecule has 7 heteroatoms. The summed E-state index contributed by atoms with van der Waals surface area (Å²) >= 11 is 0. The quantitative estimate of drug-likeness (QED) is 0.669. The van der Waals surface area contributed by atoms with Gasteiger partial charge in [-0.25, -0.2) is 0 Å². The number of carbonyl (C=O) groups excluding carboxylic acids is 1. The van der Waals surface area contributed by atoms with Gasteiger partial charge in [0.25, 0.3) is 0 Å². The molecule has 2 aromatic heterocycles. The SMILES string of the molecule is CCOc1ccccc1CN1CC(c2nc(-c3cccnc3)no2)CC1=O. The Bertz CT molecular complexity index is 926. The number of hydrogen-bond donors (Lipinski definition) is 0. The second-order valence-electron chi connectivity index (χ2n) is 6.41. The zero-order valence-electron chi connectivity index (χ0n) is 15.0. The molecular weight excluding hydrogens is 344 g/mol. The molecule has 0 radical (unpaired) electrons. The molecule has 1 fully saturated rings. The minimum absolute atomic E-state index is 0.0763. The van der Waals surface area contributed by atoms with Crippen LogP contribution in [0.25, 0.3) is 11.4 Å². The molecule has 138 valence electrons. The van der Waals surface area contributed by atoms with Crippen molar-refractivity contribution in [2.75, 3.05) is 13.2 Å². The summed E-state index contributed by atoms with van der Waals surface area (Å²) in [6.45, 7) is 3.60. The molecule has 1 aromatic carbocycles. The van der Waals surface area contributed by atoms with Crippen molar-refractivity contribution in [3.05, 3.63) is 60.2 Å². The van der Waals surface area contributed by atoms with Gasteiger partial charge < -0.3 is 14.2 Å². The molecule has 0 saturated carbocycles. The van der Waals surface area contributed by atoms with Crippen molar-refractivity contribution in [1.29, 1.82) is 0 Å². The maximum atomic E-state index is 12.5. The molecule has 1 amide bonds. The van der Waals surface area contributed by atoms with E-state index in [1.807, 2.05) is 48.2 Å². The third-order valence-electron chi connectivity index (χ3n) is 4.56. The number of aromatic nitrogens is 3. The van der Waals surface area contributed by atoms with Crippen LogP contribution < -0.4 is 4.74 Å². The molecular formula is C20H20N4O3. The molecule has 1 atom stereocenters. The highest BCUT2D eigenvalue weighted by atomic mass is 16.5. The summed E-state index contributed by atoms with van der Waals surface area (Å²) in [4.78, 5) is 22.8. The molecule has 0 spiro atoms. The summed E-state index contributed by atoms with van der Waals surface area (Å²) < 4.78 is 11.1. The van der Waals surface area contributed by atoms with Gasteiger partial charge in [-0.2, -0.15) is 4.98 Å². The molecule has 1 aliphatic heterocycles. The molecule has 0 bridgehead atoms. The van der Waals surface area contributed by atoms with Crippen LogP contribution in [-0.4, -0.2) is 39.1 Å². The molecule has 1 unspecified atom stereocenters. The number of hydrogen-bond acceptors (Lipinski definition) is 6. The van der Waals surface area contributed by atoms with Crippen LogP contribution in [0.3, 0.4) is 0 Å². The number of pyridine rings is 1. The van der Waals surface area contributed by atoms with Crippen LogP contribution >= 0.6 is 0 Å². The van der Waals surface area contributed by atoms with E-state index in [9.17, 15) is 4.79 Å². The normalized spacial score (nSPS) is 16.7. The number of carbonyl (C=O) groups is 1. The second kappa shape index (κ2) is 7.57. The average Bonchev–Trinajstić information content (AvgIpc) is 3.32. The van der Waals surface area contributed by atoms with Gasteiger partial charge >= 0.3 is 0 Å². The number of amides is 1. The van der Waals surface area contributed by atoms with Crippen LogP contribution in [0.1, 0.15) is 30.7 Å². The second-order valence-corrected chi connectivity index (χ2v) is 6.41. The molecule has 7 nitrogen and oxygen atoms in total. The largest absolute Gasteiger partial charge is 0.494 e. The van der Waals surface area contributed by atoms with Gasteiger partial charge in [0, 0.05) is 43.0 Å². The number of rotatable bonds is 6. The molecule has 3 aromatic rings. The van der Waals surface area contributed by atoms with Gasteiger partial charge in [-0.1, -0.05) is 23.4 Å². The van der Waals surface area contributed by atoms with Gasteiger partial charge in [-0.15, -0.1) is 0 Å². The molecule has 1 aliphatic rings. The van der Waals surface area contributed by atoms with Crippen LogP contribution in [0.15, 0.2) is 53.3 Å². The van der Waals surface area contributed by atoms with E-state index < -0.39 is 0 Å². The summed E-state index contributed by atoms with van der Waals surface area (Å²) in [5, 5.41) is 4.03. The summed E-state index contributed by atoms with van der Waals surface area (Å²) in [6.07, 6.45) is 3.75. The van der Waals surface area contributed by atoms with E-state index in [-0.39, 0.29) is 11.8 Å². The van der Waals surface area contributed by atoms with E-state index in [2.05, 4.69) is 15.1 Å². The van der Waals surface area contributed by atoms with Crippen molar-refractivity contribution >= 4 is 5.91 Å². The van der Waals surface area contributed by atoms with Gasteiger partial charge in [0.05, 0.1) is 12.5 Å². The highest BCUT2D eigenvalue weighted by Gasteiger charge is 2.34. The Morgan fingerprint density at radius 3 is 2.96 bits per heavy atom. The van der Waals surface area contributed by atoms with Gasteiger partial charge in [0.2, 0.25) is 17.6 Å². The number of benzene rings is 1. The average molecular weight is 364 g/mol. The Morgan fingerprint density at radius 1 is 1.26 bits per heavy atom. The topological polar surface area (TPSA) is 81.3 Å². The fourth-order valence-electron chi connectivity index (χ4n) is 3.24. The van der Waals surface area contributed by atoms with E-state index in [1.165, 1.54) is 0 Å². The first kappa shape index (κ1) is 17.2. The van der Waals surface area contributed by atoms with Crippen molar-refractivity contribution in [1.82, 2.24) is 20.0 Å². The Morgan fingerprint density at radius 2 is 2.15 bits per heavy atom. The first-order valence-electron chi connectivity index (χ1n) is 8.97. The third kappa shape index (κ3) is 3.67. The minimum atomic E-state index is -0.102. The maximum Gasteiger partial charge on any atom is 0.232 e. The summed E-state index contributed by atoms with van der Waals surface area (Å²) in [5.41, 5.74) is 1.79. The molecule has 0 N–H and O–H groups in total. The predicted octanol–water partition coefficient (Wildman–Crippen LogP) is 3.05. The Hall–Kier alpha value is -3.22. The highest BCUT2D eigenvalue weighted by Crippen LogP contribution is 2.31. The van der Waals surface area contributed by atoms with Gasteiger partial charge in [-0.3, -0.25) is 9.78 Å². The number of likely N-dealkylation sites (tertiary alicyclic amines) is 1. The Kier molecular flexibility index (Phi) is 4.82. The number of para-hydroxylation sites is 1. The summed E-state index contributed by atoms with van der Waals surface area (Å²) in [6, 6.07) is 11.5. The molecule has 0 aliphatic carbocycles. The Labute approximate surface area is 157 Å².